The van der Waals surface area contributed by atoms with Gasteiger partial charge in [0.2, 0.25) is 0 Å². The summed E-state index contributed by atoms with van der Waals surface area (Å²) in [6.07, 6.45) is -0.411. The minimum absolute atomic E-state index is 0.285. The van der Waals surface area contributed by atoms with Crippen molar-refractivity contribution >= 4 is 34.9 Å². The average Bonchev–Trinajstić information content (AvgIpc) is 2.48. The Labute approximate surface area is 140 Å². The van der Waals surface area contributed by atoms with E-state index in [1.807, 2.05) is 49.1 Å². The third kappa shape index (κ3) is 3.93. The molecule has 0 aromatic heterocycles. The predicted octanol–water partition coefficient (Wildman–Crippen LogP) is 5.02. The summed E-state index contributed by atoms with van der Waals surface area (Å²) in [4.78, 5) is 14.3. The van der Waals surface area contributed by atoms with Crippen LogP contribution in [0.5, 0.6) is 0 Å². The minimum Gasteiger partial charge on any atom is -0.438 e. The van der Waals surface area contributed by atoms with Gasteiger partial charge >= 0.3 is 5.97 Å². The van der Waals surface area contributed by atoms with Crippen molar-refractivity contribution in [2.75, 3.05) is 11.4 Å². The van der Waals surface area contributed by atoms with Crippen LogP contribution in [-0.4, -0.2) is 18.7 Å². The van der Waals surface area contributed by atoms with E-state index in [0.29, 0.717) is 17.1 Å². The van der Waals surface area contributed by atoms with Gasteiger partial charge in [0.25, 0.3) is 0 Å². The molecule has 0 aliphatic rings. The molecule has 0 aliphatic carbocycles. The van der Waals surface area contributed by atoms with Crippen molar-refractivity contribution in [1.82, 2.24) is 0 Å². The Morgan fingerprint density at radius 1 is 1.18 bits per heavy atom. The second kappa shape index (κ2) is 7.52. The number of carbonyl (C=O) groups excluding carboxylic acids is 1. The molecule has 0 saturated carbocycles. The molecule has 0 fully saturated rings. The second-order valence-corrected chi connectivity index (χ2v) is 5.59. The van der Waals surface area contributed by atoms with Crippen molar-refractivity contribution < 1.29 is 9.53 Å². The average molecular weight is 338 g/mol. The number of rotatable bonds is 5. The van der Waals surface area contributed by atoms with E-state index in [2.05, 4.69) is 0 Å². The van der Waals surface area contributed by atoms with Gasteiger partial charge < -0.3 is 9.64 Å². The predicted molar refractivity (Wildman–Crippen MR) is 90.8 cm³/mol. The maximum absolute atomic E-state index is 12.3. The largest absolute Gasteiger partial charge is 0.438 e. The first-order valence-electron chi connectivity index (χ1n) is 7.00. The SMILES string of the molecule is CCN(c1ccccc1)C(C)OC(=O)c1ccc(Cl)cc1Cl. The molecule has 1 atom stereocenters. The fourth-order valence-electron chi connectivity index (χ4n) is 2.21. The van der Waals surface area contributed by atoms with Gasteiger partial charge in [-0.25, -0.2) is 4.79 Å². The lowest BCUT2D eigenvalue weighted by Gasteiger charge is -2.29. The van der Waals surface area contributed by atoms with Gasteiger partial charge in [-0.15, -0.1) is 0 Å². The van der Waals surface area contributed by atoms with Crippen LogP contribution in [0, 0.1) is 0 Å². The van der Waals surface area contributed by atoms with Crippen LogP contribution in [0.4, 0.5) is 5.69 Å². The van der Waals surface area contributed by atoms with Gasteiger partial charge in [0.1, 0.15) is 0 Å². The van der Waals surface area contributed by atoms with Crippen molar-refractivity contribution in [2.45, 2.75) is 20.1 Å². The Morgan fingerprint density at radius 2 is 1.86 bits per heavy atom. The fraction of sp³-hybridized carbons (Fsp3) is 0.235. The summed E-state index contributed by atoms with van der Waals surface area (Å²) < 4.78 is 5.52. The Hall–Kier alpha value is -1.71. The number of esters is 1. The summed E-state index contributed by atoms with van der Waals surface area (Å²) in [6, 6.07) is 14.5. The number of hydrogen-bond acceptors (Lipinski definition) is 3. The molecular formula is C17H17Cl2NO2. The molecule has 0 saturated heterocycles. The molecule has 0 N–H and O–H groups in total. The molecule has 0 heterocycles. The van der Waals surface area contributed by atoms with E-state index in [4.69, 9.17) is 27.9 Å². The van der Waals surface area contributed by atoms with Crippen molar-refractivity contribution in [1.29, 1.82) is 0 Å². The summed E-state index contributed by atoms with van der Waals surface area (Å²) >= 11 is 11.9. The highest BCUT2D eigenvalue weighted by molar-refractivity contribution is 6.36. The highest BCUT2D eigenvalue weighted by Crippen LogP contribution is 2.23. The molecule has 22 heavy (non-hydrogen) atoms. The quantitative estimate of drug-likeness (QED) is 0.566. The smallest absolute Gasteiger partial charge is 0.341 e. The summed E-state index contributed by atoms with van der Waals surface area (Å²) in [5.41, 5.74) is 1.30. The topological polar surface area (TPSA) is 29.5 Å². The molecule has 1 unspecified atom stereocenters. The summed E-state index contributed by atoms with van der Waals surface area (Å²) in [5, 5.41) is 0.765. The number of ether oxygens (including phenoxy) is 1. The molecular weight excluding hydrogens is 321 g/mol. The van der Waals surface area contributed by atoms with Gasteiger partial charge in [0.15, 0.2) is 6.23 Å². The van der Waals surface area contributed by atoms with Gasteiger partial charge in [-0.1, -0.05) is 41.4 Å². The molecule has 2 aromatic carbocycles. The zero-order chi connectivity index (χ0) is 16.1. The number of hydrogen-bond donors (Lipinski definition) is 0. The van der Waals surface area contributed by atoms with Crippen molar-refractivity contribution in [3.05, 3.63) is 64.1 Å². The van der Waals surface area contributed by atoms with Gasteiger partial charge in [-0.05, 0) is 44.2 Å². The number of para-hydroxylation sites is 1. The van der Waals surface area contributed by atoms with E-state index >= 15 is 0 Å². The third-order valence-corrected chi connectivity index (χ3v) is 3.84. The van der Waals surface area contributed by atoms with Crippen LogP contribution < -0.4 is 4.90 Å². The van der Waals surface area contributed by atoms with Gasteiger partial charge in [0, 0.05) is 17.3 Å². The number of carbonyl (C=O) groups is 1. The Bertz CT molecular complexity index is 646. The van der Waals surface area contributed by atoms with E-state index in [-0.39, 0.29) is 5.02 Å². The van der Waals surface area contributed by atoms with Crippen molar-refractivity contribution in [3.63, 3.8) is 0 Å². The lowest BCUT2D eigenvalue weighted by atomic mass is 10.2. The minimum atomic E-state index is -0.469. The number of anilines is 1. The lowest BCUT2D eigenvalue weighted by Crippen LogP contribution is -2.36. The molecule has 0 radical (unpaired) electrons. The summed E-state index contributed by atoms with van der Waals surface area (Å²) in [5.74, 6) is -0.469. The molecule has 0 spiro atoms. The van der Waals surface area contributed by atoms with E-state index in [9.17, 15) is 4.79 Å². The first kappa shape index (κ1) is 16.7. The third-order valence-electron chi connectivity index (χ3n) is 3.30. The van der Waals surface area contributed by atoms with Crippen LogP contribution in [0.15, 0.2) is 48.5 Å². The monoisotopic (exact) mass is 337 g/mol. The van der Waals surface area contributed by atoms with Crippen LogP contribution in [0.3, 0.4) is 0 Å². The highest BCUT2D eigenvalue weighted by Gasteiger charge is 2.19. The molecule has 0 amide bonds. The van der Waals surface area contributed by atoms with E-state index in [1.54, 1.807) is 12.1 Å². The van der Waals surface area contributed by atoms with Crippen LogP contribution in [0.1, 0.15) is 24.2 Å². The molecule has 2 rings (SSSR count). The van der Waals surface area contributed by atoms with E-state index < -0.39 is 12.2 Å². The zero-order valence-corrected chi connectivity index (χ0v) is 13.9. The normalized spacial score (nSPS) is 11.8. The fourth-order valence-corrected chi connectivity index (χ4v) is 2.69. The first-order valence-corrected chi connectivity index (χ1v) is 7.76. The van der Waals surface area contributed by atoms with Crippen molar-refractivity contribution in [2.24, 2.45) is 0 Å². The maximum atomic E-state index is 12.3. The lowest BCUT2D eigenvalue weighted by molar-refractivity contribution is 0.0336. The summed E-state index contributed by atoms with van der Waals surface area (Å²) in [6.45, 7) is 4.55. The van der Waals surface area contributed by atoms with Crippen molar-refractivity contribution in [3.8, 4) is 0 Å². The Balaban J connectivity index is 2.13. The van der Waals surface area contributed by atoms with Crippen LogP contribution in [-0.2, 0) is 4.74 Å². The van der Waals surface area contributed by atoms with Crippen LogP contribution in [0.25, 0.3) is 0 Å². The number of halogens is 2. The molecule has 5 heteroatoms. The standard InChI is InChI=1S/C17H17Cl2NO2/c1-3-20(14-7-5-4-6-8-14)12(2)22-17(21)15-10-9-13(18)11-16(15)19/h4-12H,3H2,1-2H3. The van der Waals surface area contributed by atoms with Crippen LogP contribution >= 0.6 is 23.2 Å². The molecule has 2 aromatic rings. The number of benzene rings is 2. The highest BCUT2D eigenvalue weighted by atomic mass is 35.5. The first-order chi connectivity index (χ1) is 10.5. The molecule has 116 valence electrons. The van der Waals surface area contributed by atoms with Gasteiger partial charge in [-0.3, -0.25) is 0 Å². The van der Waals surface area contributed by atoms with E-state index in [0.717, 1.165) is 5.69 Å². The second-order valence-electron chi connectivity index (χ2n) is 4.75. The Morgan fingerprint density at radius 3 is 2.45 bits per heavy atom. The van der Waals surface area contributed by atoms with Crippen LogP contribution in [0.2, 0.25) is 10.0 Å². The Kier molecular flexibility index (Phi) is 5.69. The maximum Gasteiger partial charge on any atom is 0.341 e. The molecule has 0 bridgehead atoms. The van der Waals surface area contributed by atoms with Gasteiger partial charge in [0.05, 0.1) is 10.6 Å². The zero-order valence-electron chi connectivity index (χ0n) is 12.4. The van der Waals surface area contributed by atoms with E-state index in [1.165, 1.54) is 6.07 Å². The molecule has 0 aliphatic heterocycles. The van der Waals surface area contributed by atoms with Gasteiger partial charge in [-0.2, -0.15) is 0 Å². The summed E-state index contributed by atoms with van der Waals surface area (Å²) in [7, 11) is 0. The number of nitrogens with zero attached hydrogens (tertiary/aromatic N) is 1. The molecule has 3 nitrogen and oxygen atoms in total.